The summed E-state index contributed by atoms with van der Waals surface area (Å²) in [6, 6.07) is 0.692. The van der Waals surface area contributed by atoms with Gasteiger partial charge in [-0.1, -0.05) is 13.8 Å². The Morgan fingerprint density at radius 3 is 2.57 bits per heavy atom. The minimum Gasteiger partial charge on any atom is -0.372 e. The van der Waals surface area contributed by atoms with E-state index in [0.29, 0.717) is 12.1 Å². The standard InChI is InChI=1S/C12H25NO/c1-5-12(3,4)14-11-8-7-10(9-11)13-6-2/h10-11,13H,5-9H2,1-4H3. The molecular formula is C12H25NO. The number of hydrogen-bond donors (Lipinski definition) is 1. The molecule has 1 N–H and O–H groups in total. The molecule has 0 spiro atoms. The Balaban J connectivity index is 2.28. The first-order chi connectivity index (χ1) is 6.57. The van der Waals surface area contributed by atoms with E-state index in [9.17, 15) is 0 Å². The normalized spacial score (nSPS) is 28.3. The molecule has 0 aromatic heterocycles. The molecule has 1 saturated carbocycles. The van der Waals surface area contributed by atoms with Crippen molar-refractivity contribution in [3.63, 3.8) is 0 Å². The number of ether oxygens (including phenoxy) is 1. The highest BCUT2D eigenvalue weighted by atomic mass is 16.5. The van der Waals surface area contributed by atoms with E-state index in [-0.39, 0.29) is 5.60 Å². The molecule has 0 aliphatic heterocycles. The minimum atomic E-state index is 0.0613. The molecule has 1 rings (SSSR count). The van der Waals surface area contributed by atoms with E-state index in [1.54, 1.807) is 0 Å². The molecular weight excluding hydrogens is 174 g/mol. The van der Waals surface area contributed by atoms with Crippen LogP contribution >= 0.6 is 0 Å². The lowest BCUT2D eigenvalue weighted by molar-refractivity contribution is -0.0705. The largest absolute Gasteiger partial charge is 0.372 e. The maximum absolute atomic E-state index is 6.08. The Labute approximate surface area is 88.4 Å². The summed E-state index contributed by atoms with van der Waals surface area (Å²) in [5.41, 5.74) is 0.0613. The van der Waals surface area contributed by atoms with Crippen molar-refractivity contribution in [3.05, 3.63) is 0 Å². The molecule has 0 saturated heterocycles. The van der Waals surface area contributed by atoms with Gasteiger partial charge in [0.25, 0.3) is 0 Å². The Hall–Kier alpha value is -0.0800. The SMILES string of the molecule is CCNC1CCC(OC(C)(C)CC)C1. The Bertz CT molecular complexity index is 168. The average molecular weight is 199 g/mol. The van der Waals surface area contributed by atoms with Crippen LogP contribution in [-0.2, 0) is 4.74 Å². The van der Waals surface area contributed by atoms with Crippen LogP contribution in [0, 0.1) is 0 Å². The second kappa shape index (κ2) is 5.13. The van der Waals surface area contributed by atoms with Gasteiger partial charge in [0.1, 0.15) is 0 Å². The smallest absolute Gasteiger partial charge is 0.0627 e. The van der Waals surface area contributed by atoms with E-state index in [1.807, 2.05) is 0 Å². The van der Waals surface area contributed by atoms with E-state index in [0.717, 1.165) is 13.0 Å². The fourth-order valence-corrected chi connectivity index (χ4v) is 2.06. The molecule has 0 aromatic carbocycles. The lowest BCUT2D eigenvalue weighted by Crippen LogP contribution is -2.31. The van der Waals surface area contributed by atoms with Gasteiger partial charge < -0.3 is 10.1 Å². The van der Waals surface area contributed by atoms with Crippen LogP contribution in [0.15, 0.2) is 0 Å². The first-order valence-electron chi connectivity index (χ1n) is 5.98. The minimum absolute atomic E-state index is 0.0613. The van der Waals surface area contributed by atoms with Crippen molar-refractivity contribution < 1.29 is 4.74 Å². The summed E-state index contributed by atoms with van der Waals surface area (Å²) in [4.78, 5) is 0. The van der Waals surface area contributed by atoms with Gasteiger partial charge in [-0.15, -0.1) is 0 Å². The van der Waals surface area contributed by atoms with E-state index in [4.69, 9.17) is 4.74 Å². The van der Waals surface area contributed by atoms with E-state index >= 15 is 0 Å². The molecule has 2 nitrogen and oxygen atoms in total. The van der Waals surface area contributed by atoms with Crippen LogP contribution in [-0.4, -0.2) is 24.3 Å². The van der Waals surface area contributed by atoms with Crippen LogP contribution in [0.5, 0.6) is 0 Å². The molecule has 1 aliphatic rings. The third kappa shape index (κ3) is 3.58. The van der Waals surface area contributed by atoms with Gasteiger partial charge in [-0.3, -0.25) is 0 Å². The fraction of sp³-hybridized carbons (Fsp3) is 1.00. The topological polar surface area (TPSA) is 21.3 Å². The molecule has 2 unspecified atom stereocenters. The van der Waals surface area contributed by atoms with Gasteiger partial charge in [-0.25, -0.2) is 0 Å². The van der Waals surface area contributed by atoms with Crippen LogP contribution < -0.4 is 5.32 Å². The fourth-order valence-electron chi connectivity index (χ4n) is 2.06. The lowest BCUT2D eigenvalue weighted by Gasteiger charge is -2.28. The van der Waals surface area contributed by atoms with Crippen molar-refractivity contribution in [3.8, 4) is 0 Å². The van der Waals surface area contributed by atoms with Gasteiger partial charge in [-0.05, 0) is 46.1 Å². The maximum atomic E-state index is 6.08. The Kier molecular flexibility index (Phi) is 4.39. The number of hydrogen-bond acceptors (Lipinski definition) is 2. The summed E-state index contributed by atoms with van der Waals surface area (Å²) < 4.78 is 6.08. The second-order valence-corrected chi connectivity index (χ2v) is 4.92. The van der Waals surface area contributed by atoms with Crippen LogP contribution in [0.1, 0.15) is 53.4 Å². The van der Waals surface area contributed by atoms with Gasteiger partial charge in [0, 0.05) is 6.04 Å². The summed E-state index contributed by atoms with van der Waals surface area (Å²) in [6.07, 6.45) is 5.26. The first-order valence-corrected chi connectivity index (χ1v) is 5.98. The van der Waals surface area contributed by atoms with Crippen molar-refractivity contribution in [2.24, 2.45) is 0 Å². The summed E-state index contributed by atoms with van der Waals surface area (Å²) in [5, 5.41) is 3.50. The molecule has 0 bridgehead atoms. The summed E-state index contributed by atoms with van der Waals surface area (Å²) in [5.74, 6) is 0. The first kappa shape index (κ1) is 12.0. The van der Waals surface area contributed by atoms with Gasteiger partial charge >= 0.3 is 0 Å². The van der Waals surface area contributed by atoms with Crippen molar-refractivity contribution in [2.45, 2.75) is 71.1 Å². The molecule has 1 fully saturated rings. The summed E-state index contributed by atoms with van der Waals surface area (Å²) in [6.45, 7) is 9.82. The molecule has 1 aliphatic carbocycles. The van der Waals surface area contributed by atoms with Gasteiger partial charge in [0.05, 0.1) is 11.7 Å². The van der Waals surface area contributed by atoms with Crippen molar-refractivity contribution >= 4 is 0 Å². The highest BCUT2D eigenvalue weighted by Gasteiger charge is 2.29. The Morgan fingerprint density at radius 2 is 2.00 bits per heavy atom. The maximum Gasteiger partial charge on any atom is 0.0627 e. The molecule has 0 aromatic rings. The van der Waals surface area contributed by atoms with Crippen molar-refractivity contribution in [2.75, 3.05) is 6.54 Å². The van der Waals surface area contributed by atoms with E-state index < -0.39 is 0 Å². The predicted molar refractivity (Wildman–Crippen MR) is 60.6 cm³/mol. The Morgan fingerprint density at radius 1 is 1.29 bits per heavy atom. The van der Waals surface area contributed by atoms with E-state index in [2.05, 4.69) is 33.0 Å². The van der Waals surface area contributed by atoms with Crippen LogP contribution in [0.3, 0.4) is 0 Å². The molecule has 84 valence electrons. The zero-order chi connectivity index (χ0) is 10.6. The lowest BCUT2D eigenvalue weighted by atomic mass is 10.1. The third-order valence-electron chi connectivity index (χ3n) is 3.21. The van der Waals surface area contributed by atoms with Gasteiger partial charge in [-0.2, -0.15) is 0 Å². The van der Waals surface area contributed by atoms with Crippen LogP contribution in [0.4, 0.5) is 0 Å². The highest BCUT2D eigenvalue weighted by Crippen LogP contribution is 2.27. The quantitative estimate of drug-likeness (QED) is 0.735. The van der Waals surface area contributed by atoms with E-state index in [1.165, 1.54) is 19.3 Å². The zero-order valence-electron chi connectivity index (χ0n) is 10.1. The highest BCUT2D eigenvalue weighted by molar-refractivity contribution is 4.83. The molecule has 0 heterocycles. The average Bonchev–Trinajstić information content (AvgIpc) is 2.53. The zero-order valence-corrected chi connectivity index (χ0v) is 10.1. The number of nitrogens with one attached hydrogen (secondary N) is 1. The molecule has 2 atom stereocenters. The summed E-state index contributed by atoms with van der Waals surface area (Å²) in [7, 11) is 0. The molecule has 14 heavy (non-hydrogen) atoms. The van der Waals surface area contributed by atoms with Crippen molar-refractivity contribution in [1.29, 1.82) is 0 Å². The molecule has 2 heteroatoms. The molecule has 0 amide bonds. The van der Waals surface area contributed by atoms with Crippen molar-refractivity contribution in [1.82, 2.24) is 5.32 Å². The van der Waals surface area contributed by atoms with Gasteiger partial charge in [0.2, 0.25) is 0 Å². The molecule has 0 radical (unpaired) electrons. The predicted octanol–water partition coefficient (Wildman–Crippen LogP) is 2.72. The number of rotatable bonds is 5. The van der Waals surface area contributed by atoms with Gasteiger partial charge in [0.15, 0.2) is 0 Å². The third-order valence-corrected chi connectivity index (χ3v) is 3.21. The van der Waals surface area contributed by atoms with Crippen LogP contribution in [0.25, 0.3) is 0 Å². The second-order valence-electron chi connectivity index (χ2n) is 4.92. The summed E-state index contributed by atoms with van der Waals surface area (Å²) >= 11 is 0. The van der Waals surface area contributed by atoms with Crippen LogP contribution in [0.2, 0.25) is 0 Å². The monoisotopic (exact) mass is 199 g/mol.